The van der Waals surface area contributed by atoms with E-state index >= 15 is 0 Å². The summed E-state index contributed by atoms with van der Waals surface area (Å²) in [5.74, 6) is -6.80. The Labute approximate surface area is 336 Å². The van der Waals surface area contributed by atoms with Crippen LogP contribution in [0.3, 0.4) is 0 Å². The SMILES string of the molecule is CC(=O)O[C@]12CO[C@@H]1C[C@@H](O)[C@@]1(C)C(=O)C(=O)C3=C(C)[C@H](OC(=O)[C@@H](O)[C@@H](NC(=O)OC(C)(C)C)c4ccccc4)C[C@@](O)([C@H](OC(=O)c4ccccc4)[C@H]21)C3(C)C. The number of aliphatic hydroxyl groups is 3. The van der Waals surface area contributed by atoms with E-state index in [4.69, 9.17) is 23.7 Å². The molecule has 6 rings (SSSR count). The maximum atomic E-state index is 14.8. The number of ether oxygens (including phenoxy) is 5. The number of nitrogens with one attached hydrogen (secondary N) is 1. The van der Waals surface area contributed by atoms with Crippen LogP contribution in [-0.4, -0.2) is 105 Å². The highest BCUT2D eigenvalue weighted by atomic mass is 16.6. The minimum Gasteiger partial charge on any atom is -0.456 e. The van der Waals surface area contributed by atoms with Gasteiger partial charge in [-0.2, -0.15) is 0 Å². The summed E-state index contributed by atoms with van der Waals surface area (Å²) in [5.41, 5.74) is -8.77. The lowest BCUT2D eigenvalue weighted by molar-refractivity contribution is -0.343. The van der Waals surface area contributed by atoms with E-state index in [-0.39, 0.29) is 29.7 Å². The van der Waals surface area contributed by atoms with E-state index in [0.717, 1.165) is 6.92 Å². The summed E-state index contributed by atoms with van der Waals surface area (Å²) in [6, 6.07) is 14.5. The second-order valence-corrected chi connectivity index (χ2v) is 17.4. The standard InChI is InChI=1S/C43H51NO14/c1-22-26(55-37(51)32(48)30(24-15-11-9-12-16-24)44-38(52)58-39(3,4)5)20-43(53)35(56-36(50)25-17-13-10-14-18-25)33-41(8,34(49)31(47)29(22)40(43,6)7)27(46)19-28-42(33,21-54-28)57-23(2)45/h9-18,26-28,30,32-33,35,46,48,53H,19-21H2,1-8H3,(H,44,52)/t26-,27-,28-,30+,32+,33+,35-,41-,42-,43-/m1/s1. The second-order valence-electron chi connectivity index (χ2n) is 17.4. The molecule has 1 amide bonds. The van der Waals surface area contributed by atoms with Gasteiger partial charge in [0, 0.05) is 30.8 Å². The van der Waals surface area contributed by atoms with Crippen molar-refractivity contribution >= 4 is 35.6 Å². The monoisotopic (exact) mass is 805 g/mol. The Morgan fingerprint density at radius 1 is 0.948 bits per heavy atom. The number of amides is 1. The maximum Gasteiger partial charge on any atom is 0.408 e. The fourth-order valence-electron chi connectivity index (χ4n) is 9.34. The van der Waals surface area contributed by atoms with Crippen molar-refractivity contribution in [1.82, 2.24) is 5.32 Å². The summed E-state index contributed by atoms with van der Waals surface area (Å²) in [5, 5.41) is 39.3. The lowest BCUT2D eigenvalue weighted by Gasteiger charge is -2.66. The number of aliphatic hydroxyl groups excluding tert-OH is 2. The molecule has 2 saturated carbocycles. The number of Topliss-reactive ketones (excluding diaryl/α,β-unsaturated/α-hetero) is 2. The van der Waals surface area contributed by atoms with Gasteiger partial charge in [0.2, 0.25) is 11.6 Å². The first kappa shape index (κ1) is 42.6. The number of benzene rings is 2. The van der Waals surface area contributed by atoms with Gasteiger partial charge in [0.1, 0.15) is 29.5 Å². The molecule has 4 aliphatic rings. The number of esters is 3. The highest BCUT2D eigenvalue weighted by molar-refractivity contribution is 6.46. The van der Waals surface area contributed by atoms with Crippen LogP contribution in [-0.2, 0) is 42.9 Å². The van der Waals surface area contributed by atoms with Crippen molar-refractivity contribution < 1.29 is 67.8 Å². The summed E-state index contributed by atoms with van der Waals surface area (Å²) in [6.45, 7) is 11.5. The van der Waals surface area contributed by atoms with Gasteiger partial charge in [-0.1, -0.05) is 62.4 Å². The van der Waals surface area contributed by atoms with E-state index in [1.165, 1.54) is 39.8 Å². The predicted octanol–water partition coefficient (Wildman–Crippen LogP) is 3.47. The van der Waals surface area contributed by atoms with Crippen molar-refractivity contribution in [2.24, 2.45) is 16.7 Å². The van der Waals surface area contributed by atoms with Crippen molar-refractivity contribution in [3.63, 3.8) is 0 Å². The molecule has 1 heterocycles. The number of carbonyl (C=O) groups is 6. The van der Waals surface area contributed by atoms with Gasteiger partial charge in [-0.15, -0.1) is 0 Å². The average Bonchev–Trinajstić information content (AvgIpc) is 3.14. The van der Waals surface area contributed by atoms with E-state index < -0.39 is 112 Å². The Hall–Kier alpha value is -4.96. The smallest absolute Gasteiger partial charge is 0.408 e. The van der Waals surface area contributed by atoms with Crippen LogP contribution < -0.4 is 5.32 Å². The first-order chi connectivity index (χ1) is 27.0. The largest absolute Gasteiger partial charge is 0.456 e. The third-order valence-corrected chi connectivity index (χ3v) is 12.4. The molecule has 15 nitrogen and oxygen atoms in total. The van der Waals surface area contributed by atoms with Gasteiger partial charge in [-0.3, -0.25) is 14.4 Å². The Bertz CT molecular complexity index is 2020. The molecular weight excluding hydrogens is 754 g/mol. The molecule has 2 aromatic rings. The number of alkyl carbamates (subject to hydrolysis) is 1. The third-order valence-electron chi connectivity index (χ3n) is 12.4. The lowest BCUT2D eigenvalue weighted by Crippen LogP contribution is -2.81. The highest BCUT2D eigenvalue weighted by Crippen LogP contribution is 2.63. The molecule has 1 saturated heterocycles. The molecule has 312 valence electrons. The molecule has 3 fully saturated rings. The Kier molecular flexibility index (Phi) is 11.0. The van der Waals surface area contributed by atoms with Gasteiger partial charge in [-0.25, -0.2) is 14.4 Å². The van der Waals surface area contributed by atoms with Gasteiger partial charge >= 0.3 is 24.0 Å². The molecule has 2 aromatic carbocycles. The number of hydrogen-bond donors (Lipinski definition) is 4. The quantitative estimate of drug-likeness (QED) is 0.171. The molecule has 4 N–H and O–H groups in total. The molecule has 2 bridgehead atoms. The number of hydrogen-bond acceptors (Lipinski definition) is 14. The van der Waals surface area contributed by atoms with Gasteiger partial charge in [-0.05, 0) is 57.9 Å². The fraction of sp³-hybridized carbons (Fsp3) is 0.535. The van der Waals surface area contributed by atoms with Gasteiger partial charge in [0.25, 0.3) is 0 Å². The second kappa shape index (κ2) is 15.0. The molecule has 0 spiro atoms. The van der Waals surface area contributed by atoms with E-state index in [1.807, 2.05) is 0 Å². The van der Waals surface area contributed by atoms with E-state index in [2.05, 4.69) is 5.32 Å². The van der Waals surface area contributed by atoms with Crippen LogP contribution in [0.25, 0.3) is 0 Å². The van der Waals surface area contributed by atoms with Crippen LogP contribution in [0.5, 0.6) is 0 Å². The predicted molar refractivity (Wildman–Crippen MR) is 203 cm³/mol. The first-order valence-corrected chi connectivity index (χ1v) is 19.2. The van der Waals surface area contributed by atoms with Crippen LogP contribution in [0, 0.1) is 16.7 Å². The zero-order valence-corrected chi connectivity index (χ0v) is 33.8. The van der Waals surface area contributed by atoms with Crippen LogP contribution >= 0.6 is 0 Å². The fourth-order valence-corrected chi connectivity index (χ4v) is 9.34. The zero-order valence-electron chi connectivity index (χ0n) is 33.8. The Balaban J connectivity index is 1.49. The summed E-state index contributed by atoms with van der Waals surface area (Å²) in [6.07, 6.45) is -9.78. The molecule has 1 aliphatic heterocycles. The van der Waals surface area contributed by atoms with E-state index in [9.17, 15) is 44.1 Å². The average molecular weight is 806 g/mol. The van der Waals surface area contributed by atoms with Gasteiger partial charge in [0.05, 0.1) is 35.6 Å². The van der Waals surface area contributed by atoms with Crippen LogP contribution in [0.4, 0.5) is 4.79 Å². The molecule has 10 atom stereocenters. The zero-order chi connectivity index (χ0) is 42.7. The van der Waals surface area contributed by atoms with E-state index in [1.54, 1.807) is 69.3 Å². The number of fused-ring (bicyclic) bond motifs is 5. The molecule has 0 unspecified atom stereocenters. The molecule has 15 heteroatoms. The Morgan fingerprint density at radius 2 is 1.55 bits per heavy atom. The summed E-state index contributed by atoms with van der Waals surface area (Å²) in [4.78, 5) is 83.5. The topological polar surface area (TPSA) is 221 Å². The van der Waals surface area contributed by atoms with Crippen LogP contribution in [0.1, 0.15) is 90.2 Å². The summed E-state index contributed by atoms with van der Waals surface area (Å²) >= 11 is 0. The summed E-state index contributed by atoms with van der Waals surface area (Å²) < 4.78 is 29.4. The van der Waals surface area contributed by atoms with Crippen molar-refractivity contribution in [3.8, 4) is 0 Å². The number of carbonyl (C=O) groups excluding carboxylic acids is 6. The molecule has 58 heavy (non-hydrogen) atoms. The van der Waals surface area contributed by atoms with Crippen molar-refractivity contribution in [3.05, 3.63) is 82.9 Å². The number of rotatable bonds is 8. The molecule has 0 radical (unpaired) electrons. The highest BCUT2D eigenvalue weighted by Gasteiger charge is 2.78. The van der Waals surface area contributed by atoms with E-state index in [0.29, 0.717) is 5.56 Å². The first-order valence-electron chi connectivity index (χ1n) is 19.2. The van der Waals surface area contributed by atoms with Crippen LogP contribution in [0.2, 0.25) is 0 Å². The molecule has 3 aliphatic carbocycles. The van der Waals surface area contributed by atoms with Gasteiger partial charge in [0.15, 0.2) is 11.7 Å². The molecular formula is C43H51NO14. The minimum absolute atomic E-state index is 0.0602. The van der Waals surface area contributed by atoms with Crippen LogP contribution in [0.15, 0.2) is 71.8 Å². The van der Waals surface area contributed by atoms with Crippen molar-refractivity contribution in [2.45, 2.75) is 122 Å². The third kappa shape index (κ3) is 7.01. The normalized spacial score (nSPS) is 32.4. The van der Waals surface area contributed by atoms with Crippen molar-refractivity contribution in [2.75, 3.05) is 6.61 Å². The number of ketones is 2. The maximum absolute atomic E-state index is 14.8. The minimum atomic E-state index is -2.41. The lowest BCUT2D eigenvalue weighted by atomic mass is 9.45. The van der Waals surface area contributed by atoms with Crippen molar-refractivity contribution in [1.29, 1.82) is 0 Å². The Morgan fingerprint density at radius 3 is 2.10 bits per heavy atom. The van der Waals surface area contributed by atoms with Gasteiger partial charge < -0.3 is 44.3 Å². The summed E-state index contributed by atoms with van der Waals surface area (Å²) in [7, 11) is 0. The molecule has 0 aromatic heterocycles.